The Balaban J connectivity index is 1.42. The van der Waals surface area contributed by atoms with Gasteiger partial charge in [0.2, 0.25) is 0 Å². The molecule has 0 unspecified atom stereocenters. The van der Waals surface area contributed by atoms with E-state index in [-0.39, 0.29) is 27.8 Å². The number of fused-ring (bicyclic) bond motifs is 1. The van der Waals surface area contributed by atoms with Crippen LogP contribution in [0.15, 0.2) is 164 Å². The van der Waals surface area contributed by atoms with Gasteiger partial charge in [-0.1, -0.05) is 198 Å². The first-order chi connectivity index (χ1) is 36.7. The van der Waals surface area contributed by atoms with E-state index in [4.69, 9.17) is 17.3 Å². The standard InChI is InChI=1S/C65H67N3O/c1-41-27-29-42(30-28-41)45-31-32-66-56(36-45)47-33-46(34-48(35-47)62(2,3)4)50-25-20-26-57-59(50)67-61(53-37-49(63(5,6)7)38-55(60(53)69)65(11,12)13)68(57)58-40-51(43-21-16-14-17-22-43)54(64(8,9)10)39-52(58)44-23-18-15-19-24-44/h14-40,69H,1-13H3/i1D3,27D,28D,29D,30D,31D,32D,36D. The molecule has 0 radical (unpaired) electrons. The number of hydrogen-bond donors (Lipinski definition) is 1. The number of para-hydroxylation sites is 1. The molecule has 0 aliphatic heterocycles. The number of pyridine rings is 1. The largest absolute Gasteiger partial charge is 0.507 e. The van der Waals surface area contributed by atoms with Gasteiger partial charge in [-0.3, -0.25) is 9.55 Å². The van der Waals surface area contributed by atoms with Gasteiger partial charge in [-0.2, -0.15) is 0 Å². The highest BCUT2D eigenvalue weighted by Crippen LogP contribution is 2.48. The molecule has 0 saturated carbocycles. The van der Waals surface area contributed by atoms with Crippen molar-refractivity contribution in [1.82, 2.24) is 14.5 Å². The van der Waals surface area contributed by atoms with Crippen LogP contribution in [0.3, 0.4) is 0 Å². The summed E-state index contributed by atoms with van der Waals surface area (Å²) in [5, 5.41) is 12.8. The lowest BCUT2D eigenvalue weighted by atomic mass is 9.78. The van der Waals surface area contributed by atoms with Crippen molar-refractivity contribution in [3.63, 3.8) is 0 Å². The van der Waals surface area contributed by atoms with Crippen LogP contribution in [-0.4, -0.2) is 19.6 Å². The predicted octanol–water partition coefficient (Wildman–Crippen LogP) is 17.6. The second-order valence-corrected chi connectivity index (χ2v) is 22.3. The maximum absolute atomic E-state index is 12.8. The van der Waals surface area contributed by atoms with Crippen molar-refractivity contribution in [2.45, 2.75) is 112 Å². The van der Waals surface area contributed by atoms with Gasteiger partial charge in [0.05, 0.1) is 37.6 Å². The number of benzene rings is 7. The van der Waals surface area contributed by atoms with E-state index in [9.17, 15) is 6.48 Å². The van der Waals surface area contributed by atoms with Crippen LogP contribution in [-0.2, 0) is 21.7 Å². The van der Waals surface area contributed by atoms with E-state index in [1.807, 2.05) is 66.7 Å². The van der Waals surface area contributed by atoms with Gasteiger partial charge in [0.15, 0.2) is 0 Å². The van der Waals surface area contributed by atoms with E-state index in [1.165, 1.54) is 0 Å². The Bertz CT molecular complexity index is 3860. The topological polar surface area (TPSA) is 50.9 Å². The maximum Gasteiger partial charge on any atom is 0.149 e. The summed E-state index contributed by atoms with van der Waals surface area (Å²) in [7, 11) is 0. The lowest BCUT2D eigenvalue weighted by molar-refractivity contribution is 0.446. The Morgan fingerprint density at radius 3 is 1.71 bits per heavy atom. The molecule has 4 heteroatoms. The number of aromatic hydroxyl groups is 1. The molecule has 9 aromatic rings. The van der Waals surface area contributed by atoms with Crippen LogP contribution in [0.5, 0.6) is 5.75 Å². The summed E-state index contributed by atoms with van der Waals surface area (Å²) in [5.74, 6) is 0.632. The summed E-state index contributed by atoms with van der Waals surface area (Å²) in [4.78, 5) is 10.2. The van der Waals surface area contributed by atoms with Crippen molar-refractivity contribution < 1.29 is 18.8 Å². The maximum atomic E-state index is 12.8. The van der Waals surface area contributed by atoms with E-state index in [2.05, 4.69) is 147 Å². The lowest BCUT2D eigenvalue weighted by Crippen LogP contribution is -2.17. The summed E-state index contributed by atoms with van der Waals surface area (Å²) in [6.07, 6.45) is -0.570. The quantitative estimate of drug-likeness (QED) is 0.173. The number of aromatic nitrogens is 3. The van der Waals surface area contributed by atoms with Gasteiger partial charge in [-0.15, -0.1) is 0 Å². The van der Waals surface area contributed by atoms with Crippen LogP contribution in [0, 0.1) is 6.85 Å². The summed E-state index contributed by atoms with van der Waals surface area (Å²) in [6.45, 7) is 22.6. The monoisotopic (exact) mass is 916 g/mol. The van der Waals surface area contributed by atoms with Crippen LogP contribution in [0.4, 0.5) is 0 Å². The fourth-order valence-electron chi connectivity index (χ4n) is 9.04. The average molecular weight is 916 g/mol. The first-order valence-electron chi connectivity index (χ1n) is 28.6. The molecule has 0 atom stereocenters. The molecule has 69 heavy (non-hydrogen) atoms. The van der Waals surface area contributed by atoms with Gasteiger partial charge in [-0.25, -0.2) is 4.98 Å². The summed E-state index contributed by atoms with van der Waals surface area (Å²) in [5.41, 5.74) is 9.12. The van der Waals surface area contributed by atoms with Crippen molar-refractivity contribution >= 4 is 11.0 Å². The molecule has 0 aliphatic carbocycles. The first-order valence-corrected chi connectivity index (χ1v) is 23.6. The van der Waals surface area contributed by atoms with Gasteiger partial charge >= 0.3 is 0 Å². The van der Waals surface area contributed by atoms with Crippen LogP contribution in [0.25, 0.3) is 83.9 Å². The highest BCUT2D eigenvalue weighted by atomic mass is 16.3. The number of rotatable bonds is 7. The van der Waals surface area contributed by atoms with Gasteiger partial charge in [0, 0.05) is 32.5 Å². The second-order valence-electron chi connectivity index (χ2n) is 22.3. The summed E-state index contributed by atoms with van der Waals surface area (Å²) >= 11 is 0. The Labute approximate surface area is 424 Å². The fourth-order valence-corrected chi connectivity index (χ4v) is 9.04. The minimum atomic E-state index is -2.97. The normalized spacial score (nSPS) is 14.7. The number of nitrogens with zero attached hydrogens (tertiary/aromatic N) is 3. The smallest absolute Gasteiger partial charge is 0.149 e. The summed E-state index contributed by atoms with van der Waals surface area (Å²) in [6, 6.07) is 37.1. The van der Waals surface area contributed by atoms with Gasteiger partial charge in [0.25, 0.3) is 0 Å². The van der Waals surface area contributed by atoms with E-state index in [1.54, 1.807) is 0 Å². The number of hydrogen-bond acceptors (Lipinski definition) is 3. The molecule has 0 amide bonds. The van der Waals surface area contributed by atoms with Crippen molar-refractivity contribution in [3.8, 4) is 78.6 Å². The Kier molecular flexibility index (Phi) is 9.13. The molecule has 348 valence electrons. The molecule has 1 N–H and O–H groups in total. The number of phenols is 1. The molecule has 0 saturated heterocycles. The SMILES string of the molecule is [2H]c1nc(-c2cc(-c3cccc4c3nc(-c3cc(C(C)(C)C)cc(C(C)(C)C)c3O)n4-c3cc(-c4ccccc4)c(C(C)(C)C)cc3-c3ccccc3)cc(C(C)(C)C)c2)c([2H])c(-c2c([2H])c([2H])c(C([2H])([2H])[2H])c([2H])c2[2H])c1[2H]. The van der Waals surface area contributed by atoms with E-state index in [0.717, 1.165) is 55.7 Å². The van der Waals surface area contributed by atoms with Crippen molar-refractivity contribution in [2.75, 3.05) is 0 Å². The fraction of sp³-hybridized carbons (Fsp3) is 0.262. The van der Waals surface area contributed by atoms with Crippen molar-refractivity contribution in [1.29, 1.82) is 0 Å². The Morgan fingerprint density at radius 1 is 0.493 bits per heavy atom. The first kappa shape index (κ1) is 36.0. The molecule has 2 aromatic heterocycles. The minimum absolute atomic E-state index is 0.0444. The van der Waals surface area contributed by atoms with E-state index in [0.29, 0.717) is 33.6 Å². The third-order valence-corrected chi connectivity index (χ3v) is 12.9. The molecule has 0 fully saturated rings. The zero-order valence-corrected chi connectivity index (χ0v) is 41.8. The van der Waals surface area contributed by atoms with Gasteiger partial charge in [-0.05, 0) is 127 Å². The molecule has 0 aliphatic rings. The molecule has 7 aromatic carbocycles. The molecule has 2 heterocycles. The van der Waals surface area contributed by atoms with Crippen LogP contribution in [0.1, 0.15) is 125 Å². The Morgan fingerprint density at radius 2 is 1.10 bits per heavy atom. The highest BCUT2D eigenvalue weighted by molar-refractivity contribution is 5.98. The van der Waals surface area contributed by atoms with Gasteiger partial charge < -0.3 is 5.11 Å². The molecule has 9 rings (SSSR count). The third kappa shape index (κ3) is 9.30. The highest BCUT2D eigenvalue weighted by Gasteiger charge is 2.31. The average Bonchev–Trinajstić information content (AvgIpc) is 4.03. The summed E-state index contributed by atoms with van der Waals surface area (Å²) < 4.78 is 89.0. The molecule has 0 spiro atoms. The zero-order chi connectivity index (χ0) is 57.8. The molecular weight excluding hydrogens is 839 g/mol. The number of imidazole rings is 1. The zero-order valence-electron chi connectivity index (χ0n) is 51.8. The van der Waals surface area contributed by atoms with Gasteiger partial charge in [0.1, 0.15) is 11.6 Å². The van der Waals surface area contributed by atoms with Crippen molar-refractivity contribution in [2.24, 2.45) is 0 Å². The van der Waals surface area contributed by atoms with Crippen LogP contribution >= 0.6 is 0 Å². The predicted molar refractivity (Wildman–Crippen MR) is 293 cm³/mol. The second kappa shape index (κ2) is 17.5. The van der Waals surface area contributed by atoms with E-state index >= 15 is 0 Å². The molecule has 0 bridgehead atoms. The van der Waals surface area contributed by atoms with Crippen LogP contribution in [0.2, 0.25) is 0 Å². The molecule has 4 nitrogen and oxygen atoms in total. The minimum Gasteiger partial charge on any atom is -0.507 e. The van der Waals surface area contributed by atoms with Crippen molar-refractivity contribution in [3.05, 3.63) is 192 Å². The molecular formula is C65H67N3O. The Hall–Kier alpha value is -7.04. The van der Waals surface area contributed by atoms with E-state index < -0.39 is 71.2 Å². The third-order valence-electron chi connectivity index (χ3n) is 12.9. The number of phenolic OH excluding ortho intramolecular Hbond substituents is 1. The van der Waals surface area contributed by atoms with Crippen LogP contribution < -0.4 is 0 Å². The lowest BCUT2D eigenvalue weighted by Gasteiger charge is -2.28.